The molecule has 0 unspecified atom stereocenters. The molecule has 6 heteroatoms. The lowest BCUT2D eigenvalue weighted by atomic mass is 10.1. The van der Waals surface area contributed by atoms with Crippen LogP contribution in [0.3, 0.4) is 0 Å². The van der Waals surface area contributed by atoms with Crippen molar-refractivity contribution >= 4 is 33.2 Å². The van der Waals surface area contributed by atoms with E-state index in [-0.39, 0.29) is 0 Å². The maximum atomic E-state index is 4.67. The van der Waals surface area contributed by atoms with Crippen molar-refractivity contribution in [1.82, 2.24) is 19.6 Å². The van der Waals surface area contributed by atoms with E-state index >= 15 is 0 Å². The van der Waals surface area contributed by atoms with Gasteiger partial charge in [-0.3, -0.25) is 0 Å². The van der Waals surface area contributed by atoms with Crippen molar-refractivity contribution in [1.29, 1.82) is 0 Å². The van der Waals surface area contributed by atoms with E-state index in [0.717, 1.165) is 32.8 Å². The minimum Gasteiger partial charge on any atom is -0.340 e. The number of halogens is 1. The number of hydrogen-bond donors (Lipinski definition) is 1. The number of aryl methyl sites for hydroxylation is 2. The van der Waals surface area contributed by atoms with Crippen molar-refractivity contribution in [2.75, 3.05) is 5.32 Å². The molecular weight excluding hydrogens is 378 g/mol. The molecule has 0 aliphatic heterocycles. The molecule has 0 fully saturated rings. The minimum absolute atomic E-state index is 0.581. The highest BCUT2D eigenvalue weighted by Gasteiger charge is 2.13. The zero-order valence-corrected chi connectivity index (χ0v) is 15.4. The van der Waals surface area contributed by atoms with Crippen molar-refractivity contribution in [2.24, 2.45) is 0 Å². The lowest BCUT2D eigenvalue weighted by Gasteiger charge is -2.08. The highest BCUT2D eigenvalue weighted by atomic mass is 79.9. The normalized spacial score (nSPS) is 11.0. The van der Waals surface area contributed by atoms with E-state index in [9.17, 15) is 0 Å². The zero-order valence-electron chi connectivity index (χ0n) is 13.9. The van der Waals surface area contributed by atoms with E-state index in [4.69, 9.17) is 0 Å². The van der Waals surface area contributed by atoms with Crippen LogP contribution < -0.4 is 5.32 Å². The smallest absolute Gasteiger partial charge is 0.254 e. The van der Waals surface area contributed by atoms with E-state index in [1.165, 1.54) is 0 Å². The number of nitrogens with zero attached hydrogens (tertiary/aromatic N) is 4. The Kier molecular flexibility index (Phi) is 3.97. The third-order valence-electron chi connectivity index (χ3n) is 3.94. The Morgan fingerprint density at radius 2 is 1.72 bits per heavy atom. The summed E-state index contributed by atoms with van der Waals surface area (Å²) in [6.07, 6.45) is 0. The van der Waals surface area contributed by atoms with Gasteiger partial charge in [0.25, 0.3) is 5.78 Å². The molecule has 0 saturated heterocycles. The Morgan fingerprint density at radius 1 is 0.960 bits per heavy atom. The molecule has 1 N–H and O–H groups in total. The van der Waals surface area contributed by atoms with Crippen LogP contribution in [0, 0.1) is 13.8 Å². The monoisotopic (exact) mass is 393 g/mol. The molecular formula is C19H16BrN5. The molecule has 0 amide bonds. The largest absolute Gasteiger partial charge is 0.340 e. The van der Waals surface area contributed by atoms with Crippen molar-refractivity contribution < 1.29 is 0 Å². The topological polar surface area (TPSA) is 55.1 Å². The summed E-state index contributed by atoms with van der Waals surface area (Å²) in [6, 6.07) is 18.0. The number of rotatable bonds is 3. The summed E-state index contributed by atoms with van der Waals surface area (Å²) < 4.78 is 2.79. The van der Waals surface area contributed by atoms with Gasteiger partial charge in [-0.05, 0) is 43.7 Å². The molecule has 2 aromatic heterocycles. The van der Waals surface area contributed by atoms with Crippen LogP contribution in [-0.2, 0) is 0 Å². The van der Waals surface area contributed by atoms with Crippen LogP contribution in [-0.4, -0.2) is 19.6 Å². The van der Waals surface area contributed by atoms with Crippen LogP contribution in [0.25, 0.3) is 17.2 Å². The first kappa shape index (κ1) is 15.8. The maximum Gasteiger partial charge on any atom is 0.254 e. The number of benzene rings is 2. The number of anilines is 2. The molecule has 25 heavy (non-hydrogen) atoms. The van der Waals surface area contributed by atoms with Crippen LogP contribution >= 0.6 is 15.9 Å². The molecule has 4 rings (SSSR count). The van der Waals surface area contributed by atoms with Gasteiger partial charge in [-0.25, -0.2) is 4.98 Å². The zero-order chi connectivity index (χ0) is 17.4. The molecule has 4 aromatic rings. The fourth-order valence-corrected chi connectivity index (χ4v) is 2.96. The van der Waals surface area contributed by atoms with Gasteiger partial charge in [0.05, 0.1) is 0 Å². The second-order valence-electron chi connectivity index (χ2n) is 5.88. The highest BCUT2D eigenvalue weighted by Crippen LogP contribution is 2.24. The maximum absolute atomic E-state index is 4.67. The van der Waals surface area contributed by atoms with Gasteiger partial charge in [-0.1, -0.05) is 40.2 Å². The van der Waals surface area contributed by atoms with Crippen molar-refractivity contribution in [2.45, 2.75) is 13.8 Å². The van der Waals surface area contributed by atoms with Gasteiger partial charge in [-0.15, -0.1) is 5.10 Å². The molecule has 0 aliphatic rings. The standard InChI is InChI=1S/C19H16BrN5/c1-12-5-3-4-6-16(12)18-23-19-21-13(2)11-17(25(19)24-18)22-15-9-7-14(20)8-10-15/h3-11,22H,1-2H3. The Labute approximate surface area is 153 Å². The molecule has 5 nitrogen and oxygen atoms in total. The third kappa shape index (κ3) is 3.13. The minimum atomic E-state index is 0.581. The average molecular weight is 394 g/mol. The van der Waals surface area contributed by atoms with Crippen molar-refractivity contribution in [3.8, 4) is 11.4 Å². The van der Waals surface area contributed by atoms with E-state index in [1.54, 1.807) is 4.52 Å². The summed E-state index contributed by atoms with van der Waals surface area (Å²) in [5.74, 6) is 2.09. The molecule has 0 atom stereocenters. The van der Waals surface area contributed by atoms with Crippen LogP contribution in [0.2, 0.25) is 0 Å². The molecule has 0 saturated carbocycles. The van der Waals surface area contributed by atoms with E-state index < -0.39 is 0 Å². The fourth-order valence-electron chi connectivity index (χ4n) is 2.69. The lowest BCUT2D eigenvalue weighted by molar-refractivity contribution is 0.939. The Morgan fingerprint density at radius 3 is 2.48 bits per heavy atom. The van der Waals surface area contributed by atoms with Crippen LogP contribution in [0.1, 0.15) is 11.3 Å². The van der Waals surface area contributed by atoms with Gasteiger partial charge >= 0.3 is 0 Å². The van der Waals surface area contributed by atoms with Crippen LogP contribution in [0.4, 0.5) is 11.5 Å². The van der Waals surface area contributed by atoms with Crippen LogP contribution in [0.5, 0.6) is 0 Å². The number of hydrogen-bond acceptors (Lipinski definition) is 4. The third-order valence-corrected chi connectivity index (χ3v) is 4.47. The Balaban J connectivity index is 1.82. The molecule has 0 aliphatic carbocycles. The summed E-state index contributed by atoms with van der Waals surface area (Å²) in [4.78, 5) is 9.12. The van der Waals surface area contributed by atoms with E-state index in [2.05, 4.69) is 49.3 Å². The summed E-state index contributed by atoms with van der Waals surface area (Å²) in [5, 5.41) is 8.06. The highest BCUT2D eigenvalue weighted by molar-refractivity contribution is 9.10. The Hall–Kier alpha value is -2.73. The van der Waals surface area contributed by atoms with Gasteiger partial charge in [0, 0.05) is 27.5 Å². The average Bonchev–Trinajstić information content (AvgIpc) is 3.01. The quantitative estimate of drug-likeness (QED) is 0.536. The molecule has 0 bridgehead atoms. The second kappa shape index (κ2) is 6.29. The predicted molar refractivity (Wildman–Crippen MR) is 103 cm³/mol. The first-order valence-corrected chi connectivity index (χ1v) is 8.72. The van der Waals surface area contributed by atoms with Gasteiger partial charge < -0.3 is 5.32 Å². The van der Waals surface area contributed by atoms with Gasteiger partial charge in [0.15, 0.2) is 5.82 Å². The van der Waals surface area contributed by atoms with Crippen molar-refractivity contribution in [3.63, 3.8) is 0 Å². The Bertz CT molecular complexity index is 1050. The molecule has 2 heterocycles. The van der Waals surface area contributed by atoms with Gasteiger partial charge in [-0.2, -0.15) is 9.50 Å². The first-order chi connectivity index (χ1) is 12.1. The van der Waals surface area contributed by atoms with Gasteiger partial charge in [0.1, 0.15) is 5.82 Å². The molecule has 0 spiro atoms. The molecule has 0 radical (unpaired) electrons. The van der Waals surface area contributed by atoms with Crippen molar-refractivity contribution in [3.05, 3.63) is 70.3 Å². The van der Waals surface area contributed by atoms with Crippen LogP contribution in [0.15, 0.2) is 59.1 Å². The summed E-state index contributed by atoms with van der Waals surface area (Å²) >= 11 is 3.45. The SMILES string of the molecule is Cc1cc(Nc2ccc(Br)cc2)n2nc(-c3ccccc3C)nc2n1. The summed E-state index contributed by atoms with van der Waals surface area (Å²) in [7, 11) is 0. The summed E-state index contributed by atoms with van der Waals surface area (Å²) in [6.45, 7) is 4.01. The lowest BCUT2D eigenvalue weighted by Crippen LogP contribution is -2.02. The van der Waals surface area contributed by atoms with E-state index in [0.29, 0.717) is 11.6 Å². The van der Waals surface area contributed by atoms with Gasteiger partial charge in [0.2, 0.25) is 0 Å². The molecule has 124 valence electrons. The second-order valence-corrected chi connectivity index (χ2v) is 6.79. The summed E-state index contributed by atoms with van der Waals surface area (Å²) in [5.41, 5.74) is 4.01. The fraction of sp³-hybridized carbons (Fsp3) is 0.105. The van der Waals surface area contributed by atoms with E-state index in [1.807, 2.05) is 55.5 Å². The predicted octanol–water partition coefficient (Wildman–Crippen LogP) is 4.91. The first-order valence-electron chi connectivity index (χ1n) is 7.93. The number of nitrogens with one attached hydrogen (secondary N) is 1. The molecule has 2 aromatic carbocycles. The number of aromatic nitrogens is 4. The number of fused-ring (bicyclic) bond motifs is 1.